The predicted molar refractivity (Wildman–Crippen MR) is 98.8 cm³/mol. The van der Waals surface area contributed by atoms with E-state index in [1.165, 1.54) is 49.2 Å². The van der Waals surface area contributed by atoms with E-state index in [0.717, 1.165) is 0 Å². The molecule has 0 spiro atoms. The van der Waals surface area contributed by atoms with E-state index in [-0.39, 0.29) is 16.9 Å². The van der Waals surface area contributed by atoms with Crippen LogP contribution in [0.4, 0.5) is 18.9 Å². The molecule has 26 heavy (non-hydrogen) atoms. The summed E-state index contributed by atoms with van der Waals surface area (Å²) in [5, 5.41) is 10.9. The lowest BCUT2D eigenvalue weighted by Crippen LogP contribution is -2.43. The van der Waals surface area contributed by atoms with Gasteiger partial charge in [-0.1, -0.05) is 12.1 Å². The van der Waals surface area contributed by atoms with Crippen molar-refractivity contribution >= 4 is 23.7 Å². The second-order valence-corrected chi connectivity index (χ2v) is 6.55. The summed E-state index contributed by atoms with van der Waals surface area (Å²) >= 11 is 1.30. The molecule has 0 amide bonds. The van der Waals surface area contributed by atoms with E-state index in [4.69, 9.17) is 4.74 Å². The van der Waals surface area contributed by atoms with Gasteiger partial charge >= 0.3 is 6.18 Å². The highest BCUT2D eigenvalue weighted by Gasteiger charge is 2.57. The van der Waals surface area contributed by atoms with Gasteiger partial charge in [-0.3, -0.25) is 4.99 Å². The van der Waals surface area contributed by atoms with Crippen molar-refractivity contribution in [2.45, 2.75) is 30.5 Å². The number of alkyl halides is 3. The van der Waals surface area contributed by atoms with Crippen LogP contribution in [0.2, 0.25) is 0 Å². The number of hydrogen-bond donors (Lipinski definition) is 1. The average molecular weight is 383 g/mol. The molecular formula is C19H20F3NO2S. The molecule has 0 aliphatic heterocycles. The molecule has 1 N–H and O–H groups in total. The first-order valence-electron chi connectivity index (χ1n) is 7.80. The number of nitrogens with zero attached hydrogens (tertiary/aromatic N) is 1. The van der Waals surface area contributed by atoms with Crippen molar-refractivity contribution in [3.05, 3.63) is 53.1 Å². The lowest BCUT2D eigenvalue weighted by Gasteiger charge is -2.33. The van der Waals surface area contributed by atoms with Gasteiger partial charge in [0.05, 0.1) is 12.8 Å². The van der Waals surface area contributed by atoms with Gasteiger partial charge < -0.3 is 9.84 Å². The van der Waals surface area contributed by atoms with Crippen molar-refractivity contribution in [3.63, 3.8) is 0 Å². The molecule has 0 radical (unpaired) electrons. The highest BCUT2D eigenvalue weighted by atomic mass is 32.2. The van der Waals surface area contributed by atoms with Crippen molar-refractivity contribution in [2.24, 2.45) is 4.99 Å². The summed E-state index contributed by atoms with van der Waals surface area (Å²) in [5.74, 6) is -0.0782. The summed E-state index contributed by atoms with van der Waals surface area (Å²) in [6.07, 6.45) is -1.65. The maximum Gasteiger partial charge on any atom is 0.425 e. The fourth-order valence-electron chi connectivity index (χ4n) is 2.73. The van der Waals surface area contributed by atoms with Crippen LogP contribution in [0, 0.1) is 6.92 Å². The first-order chi connectivity index (χ1) is 12.2. The standard InChI is InChI=1S/C19H20F3NO2S/c1-5-23-16-11-17(25-3)15(9-12(16)2)18(24,19(20,21)22)13-7-6-8-14(10-13)26-4/h5-11,24H,1-4H3. The minimum absolute atomic E-state index is 0.0782. The second kappa shape index (κ2) is 7.72. The van der Waals surface area contributed by atoms with Gasteiger partial charge in [0.15, 0.2) is 0 Å². The van der Waals surface area contributed by atoms with Crippen LogP contribution >= 0.6 is 11.8 Å². The summed E-state index contributed by atoms with van der Waals surface area (Å²) in [7, 11) is 1.27. The van der Waals surface area contributed by atoms with Gasteiger partial charge in [-0.15, -0.1) is 11.8 Å². The highest BCUT2D eigenvalue weighted by molar-refractivity contribution is 7.98. The van der Waals surface area contributed by atoms with Crippen LogP contribution < -0.4 is 4.74 Å². The normalized spacial score (nSPS) is 14.5. The van der Waals surface area contributed by atoms with Gasteiger partial charge in [-0.25, -0.2) is 0 Å². The maximum atomic E-state index is 14.1. The van der Waals surface area contributed by atoms with Gasteiger partial charge in [-0.05, 0) is 49.4 Å². The molecule has 0 aliphatic rings. The Morgan fingerprint density at radius 2 is 1.88 bits per heavy atom. The van der Waals surface area contributed by atoms with Gasteiger partial charge in [-0.2, -0.15) is 13.2 Å². The summed E-state index contributed by atoms with van der Waals surface area (Å²) in [6.45, 7) is 3.35. The van der Waals surface area contributed by atoms with E-state index >= 15 is 0 Å². The molecule has 0 heterocycles. The lowest BCUT2D eigenvalue weighted by molar-refractivity contribution is -0.248. The van der Waals surface area contributed by atoms with Crippen LogP contribution in [-0.2, 0) is 5.60 Å². The smallest absolute Gasteiger partial charge is 0.425 e. The number of rotatable bonds is 5. The quantitative estimate of drug-likeness (QED) is 0.567. The Morgan fingerprint density at radius 3 is 2.42 bits per heavy atom. The highest BCUT2D eigenvalue weighted by Crippen LogP contribution is 2.49. The van der Waals surface area contributed by atoms with Crippen molar-refractivity contribution in [2.75, 3.05) is 13.4 Å². The van der Waals surface area contributed by atoms with Crippen molar-refractivity contribution in [1.82, 2.24) is 0 Å². The zero-order valence-electron chi connectivity index (χ0n) is 14.9. The Bertz CT molecular complexity index is 821. The van der Waals surface area contributed by atoms with Gasteiger partial charge in [0, 0.05) is 22.7 Å². The van der Waals surface area contributed by atoms with Crippen LogP contribution in [0.5, 0.6) is 5.75 Å². The largest absolute Gasteiger partial charge is 0.496 e. The molecule has 2 rings (SSSR count). The fourth-order valence-corrected chi connectivity index (χ4v) is 3.19. The molecule has 7 heteroatoms. The Kier molecular flexibility index (Phi) is 6.03. The molecular weight excluding hydrogens is 363 g/mol. The van der Waals surface area contributed by atoms with Crippen molar-refractivity contribution < 1.29 is 23.0 Å². The Balaban J connectivity index is 2.81. The first kappa shape index (κ1) is 20.3. The number of methoxy groups -OCH3 is 1. The number of aliphatic imine (C=N–C) groups is 1. The molecule has 2 aromatic carbocycles. The zero-order valence-corrected chi connectivity index (χ0v) is 15.7. The third-order valence-electron chi connectivity index (χ3n) is 4.07. The monoisotopic (exact) mass is 383 g/mol. The van der Waals surface area contributed by atoms with Crippen LogP contribution in [0.3, 0.4) is 0 Å². The van der Waals surface area contributed by atoms with Gasteiger partial charge in [0.1, 0.15) is 5.75 Å². The number of hydrogen-bond acceptors (Lipinski definition) is 4. The predicted octanol–water partition coefficient (Wildman–Crippen LogP) is 5.25. The van der Waals surface area contributed by atoms with Crippen molar-refractivity contribution in [3.8, 4) is 5.75 Å². The lowest BCUT2D eigenvalue weighted by atomic mass is 9.84. The Labute approximate surface area is 154 Å². The molecule has 0 saturated carbocycles. The van der Waals surface area contributed by atoms with E-state index in [2.05, 4.69) is 4.99 Å². The topological polar surface area (TPSA) is 41.8 Å². The van der Waals surface area contributed by atoms with Crippen LogP contribution in [0.15, 0.2) is 46.3 Å². The number of benzene rings is 2. The Morgan fingerprint density at radius 1 is 1.19 bits per heavy atom. The number of halogens is 3. The molecule has 0 aromatic heterocycles. The summed E-state index contributed by atoms with van der Waals surface area (Å²) in [5.41, 5.74) is -2.85. The fraction of sp³-hybridized carbons (Fsp3) is 0.316. The molecule has 3 nitrogen and oxygen atoms in total. The third kappa shape index (κ3) is 3.59. The van der Waals surface area contributed by atoms with E-state index in [0.29, 0.717) is 16.1 Å². The van der Waals surface area contributed by atoms with E-state index in [1.807, 2.05) is 0 Å². The summed E-state index contributed by atoms with van der Waals surface area (Å²) < 4.78 is 47.4. The molecule has 0 aliphatic carbocycles. The molecule has 0 bridgehead atoms. The molecule has 0 fully saturated rings. The first-order valence-corrected chi connectivity index (χ1v) is 9.03. The summed E-state index contributed by atoms with van der Waals surface area (Å²) in [6, 6.07) is 8.46. The SMILES string of the molecule is CC=Nc1cc(OC)c(C(O)(c2cccc(SC)c2)C(F)(F)F)cc1C. The second-order valence-electron chi connectivity index (χ2n) is 5.67. The molecule has 2 aromatic rings. The number of thioether (sulfide) groups is 1. The van der Waals surface area contributed by atoms with Crippen LogP contribution in [0.25, 0.3) is 0 Å². The average Bonchev–Trinajstić information content (AvgIpc) is 2.61. The van der Waals surface area contributed by atoms with E-state index < -0.39 is 11.8 Å². The summed E-state index contributed by atoms with van der Waals surface area (Å²) in [4.78, 5) is 4.75. The van der Waals surface area contributed by atoms with Crippen molar-refractivity contribution in [1.29, 1.82) is 0 Å². The van der Waals surface area contributed by atoms with E-state index in [1.54, 1.807) is 32.4 Å². The third-order valence-corrected chi connectivity index (χ3v) is 4.80. The molecule has 1 atom stereocenters. The number of aliphatic hydroxyl groups is 1. The number of aryl methyl sites for hydroxylation is 1. The minimum Gasteiger partial charge on any atom is -0.496 e. The van der Waals surface area contributed by atoms with Crippen LogP contribution in [0.1, 0.15) is 23.6 Å². The minimum atomic E-state index is -4.95. The van der Waals surface area contributed by atoms with Crippen LogP contribution in [-0.4, -0.2) is 30.9 Å². The zero-order chi connectivity index (χ0) is 19.5. The number of ether oxygens (including phenoxy) is 1. The molecule has 1 unspecified atom stereocenters. The van der Waals surface area contributed by atoms with Gasteiger partial charge in [0.2, 0.25) is 5.60 Å². The van der Waals surface area contributed by atoms with E-state index in [9.17, 15) is 18.3 Å². The Hall–Kier alpha value is -1.99. The molecule has 0 saturated heterocycles. The van der Waals surface area contributed by atoms with Gasteiger partial charge in [0.25, 0.3) is 0 Å². The maximum absolute atomic E-state index is 14.1. The molecule has 140 valence electrons.